The molecule has 0 spiro atoms. The first-order valence-electron chi connectivity index (χ1n) is 8.49. The Morgan fingerprint density at radius 2 is 1.96 bits per heavy atom. The molecule has 0 radical (unpaired) electrons. The first kappa shape index (κ1) is 22.7. The Labute approximate surface area is 150 Å². The summed E-state index contributed by atoms with van der Waals surface area (Å²) in [5.41, 5.74) is 5.38. The smallest absolute Gasteiger partial charge is 0.224 e. The van der Waals surface area contributed by atoms with Gasteiger partial charge in [0, 0.05) is 45.1 Å². The summed E-state index contributed by atoms with van der Waals surface area (Å²) in [6.45, 7) is 5.86. The Morgan fingerprint density at radius 3 is 2.58 bits per heavy atom. The highest BCUT2D eigenvalue weighted by atomic mass is 35.5. The van der Waals surface area contributed by atoms with Crippen molar-refractivity contribution < 1.29 is 14.4 Å². The van der Waals surface area contributed by atoms with Gasteiger partial charge in [0.2, 0.25) is 17.7 Å². The topological polar surface area (TPSA) is 105 Å². The van der Waals surface area contributed by atoms with E-state index in [1.807, 2.05) is 13.8 Å². The summed E-state index contributed by atoms with van der Waals surface area (Å²) in [6, 6.07) is 0.119. The van der Waals surface area contributed by atoms with Gasteiger partial charge in [0.15, 0.2) is 0 Å². The maximum absolute atomic E-state index is 12.2. The van der Waals surface area contributed by atoms with Crippen molar-refractivity contribution in [1.82, 2.24) is 15.5 Å². The van der Waals surface area contributed by atoms with E-state index in [9.17, 15) is 14.4 Å². The average Bonchev–Trinajstić information content (AvgIpc) is 2.51. The van der Waals surface area contributed by atoms with Crippen LogP contribution in [-0.4, -0.2) is 54.8 Å². The number of nitrogens with one attached hydrogen (secondary N) is 2. The van der Waals surface area contributed by atoms with Gasteiger partial charge >= 0.3 is 0 Å². The zero-order valence-electron chi connectivity index (χ0n) is 14.7. The number of carbonyl (C=O) groups excluding carboxylic acids is 3. The average molecular weight is 363 g/mol. The van der Waals surface area contributed by atoms with Crippen LogP contribution >= 0.6 is 12.4 Å². The van der Waals surface area contributed by atoms with E-state index in [4.69, 9.17) is 5.73 Å². The lowest BCUT2D eigenvalue weighted by atomic mass is 9.96. The Kier molecular flexibility index (Phi) is 11.4. The first-order chi connectivity index (χ1) is 10.9. The molecule has 0 saturated carbocycles. The summed E-state index contributed by atoms with van der Waals surface area (Å²) in [4.78, 5) is 37.5. The normalized spacial score (nSPS) is 17.2. The molecule has 1 fully saturated rings. The number of nitrogens with zero attached hydrogens (tertiary/aromatic N) is 1. The van der Waals surface area contributed by atoms with Crippen molar-refractivity contribution >= 4 is 30.1 Å². The lowest BCUT2D eigenvalue weighted by Gasteiger charge is -2.32. The van der Waals surface area contributed by atoms with E-state index in [0.29, 0.717) is 45.4 Å². The zero-order valence-corrected chi connectivity index (χ0v) is 15.5. The summed E-state index contributed by atoms with van der Waals surface area (Å²) in [5.74, 6) is -0.170. The van der Waals surface area contributed by atoms with Gasteiger partial charge in [0.1, 0.15) is 0 Å². The van der Waals surface area contributed by atoms with Crippen LogP contribution in [0.1, 0.15) is 46.0 Å². The molecular weight excluding hydrogens is 332 g/mol. The highest BCUT2D eigenvalue weighted by Crippen LogP contribution is 2.18. The molecule has 0 bridgehead atoms. The predicted octanol–water partition coefficient (Wildman–Crippen LogP) is 0.417. The molecule has 0 aromatic rings. The maximum Gasteiger partial charge on any atom is 0.224 e. The van der Waals surface area contributed by atoms with E-state index in [0.717, 1.165) is 12.8 Å². The van der Waals surface area contributed by atoms with E-state index >= 15 is 0 Å². The maximum atomic E-state index is 12.2. The Hall–Kier alpha value is -1.34. The number of piperidine rings is 1. The molecule has 0 aromatic carbocycles. The van der Waals surface area contributed by atoms with Gasteiger partial charge in [-0.15, -0.1) is 12.4 Å². The second-order valence-corrected chi connectivity index (χ2v) is 6.33. The second-order valence-electron chi connectivity index (χ2n) is 6.33. The number of halogens is 1. The van der Waals surface area contributed by atoms with E-state index in [1.54, 1.807) is 4.90 Å². The number of likely N-dealkylation sites (tertiary alicyclic amines) is 1. The van der Waals surface area contributed by atoms with E-state index in [-0.39, 0.29) is 42.1 Å². The number of hydrogen-bond acceptors (Lipinski definition) is 4. The van der Waals surface area contributed by atoms with Gasteiger partial charge in [-0.2, -0.15) is 0 Å². The fraction of sp³-hybridized carbons (Fsp3) is 0.812. The predicted molar refractivity (Wildman–Crippen MR) is 95.7 cm³/mol. The molecule has 24 heavy (non-hydrogen) atoms. The molecule has 0 aliphatic carbocycles. The minimum absolute atomic E-state index is 0. The third-order valence-corrected chi connectivity index (χ3v) is 3.83. The SMILES string of the molecule is CC(C)NC(=O)CCCC(=O)N1CCCC(C(=O)NCCN)C1.Cl. The molecule has 1 heterocycles. The van der Waals surface area contributed by atoms with Crippen molar-refractivity contribution in [2.45, 2.75) is 52.0 Å². The minimum Gasteiger partial charge on any atom is -0.355 e. The molecule has 3 amide bonds. The number of amides is 3. The van der Waals surface area contributed by atoms with Gasteiger partial charge in [-0.25, -0.2) is 0 Å². The molecule has 1 aliphatic rings. The third kappa shape index (κ3) is 8.49. The number of hydrogen-bond donors (Lipinski definition) is 3. The summed E-state index contributed by atoms with van der Waals surface area (Å²) in [7, 11) is 0. The summed E-state index contributed by atoms with van der Waals surface area (Å²) in [6.07, 6.45) is 2.88. The van der Waals surface area contributed by atoms with Gasteiger partial charge in [-0.3, -0.25) is 14.4 Å². The van der Waals surface area contributed by atoms with Crippen molar-refractivity contribution in [2.24, 2.45) is 11.7 Å². The zero-order chi connectivity index (χ0) is 17.2. The number of rotatable bonds is 8. The van der Waals surface area contributed by atoms with Crippen molar-refractivity contribution in [3.05, 3.63) is 0 Å². The second kappa shape index (κ2) is 12.1. The molecule has 140 valence electrons. The van der Waals surface area contributed by atoms with E-state index in [1.165, 1.54) is 0 Å². The first-order valence-corrected chi connectivity index (χ1v) is 8.49. The summed E-state index contributed by atoms with van der Waals surface area (Å²) in [5, 5.41) is 5.59. The van der Waals surface area contributed by atoms with Crippen molar-refractivity contribution in [1.29, 1.82) is 0 Å². The van der Waals surface area contributed by atoms with Crippen LogP contribution in [0.4, 0.5) is 0 Å². The number of nitrogens with two attached hydrogens (primary N) is 1. The fourth-order valence-electron chi connectivity index (χ4n) is 2.71. The van der Waals surface area contributed by atoms with Gasteiger partial charge in [-0.1, -0.05) is 0 Å². The Morgan fingerprint density at radius 1 is 1.25 bits per heavy atom. The van der Waals surface area contributed by atoms with E-state index in [2.05, 4.69) is 10.6 Å². The fourth-order valence-corrected chi connectivity index (χ4v) is 2.71. The Bertz CT molecular complexity index is 418. The van der Waals surface area contributed by atoms with Crippen molar-refractivity contribution in [3.8, 4) is 0 Å². The van der Waals surface area contributed by atoms with Gasteiger partial charge in [0.25, 0.3) is 0 Å². The molecular formula is C16H31ClN4O3. The minimum atomic E-state index is -0.150. The summed E-state index contributed by atoms with van der Waals surface area (Å²) >= 11 is 0. The van der Waals surface area contributed by atoms with Crippen molar-refractivity contribution in [3.63, 3.8) is 0 Å². The Balaban J connectivity index is 0.00000529. The van der Waals surface area contributed by atoms with Crippen LogP contribution in [0.15, 0.2) is 0 Å². The van der Waals surface area contributed by atoms with Crippen molar-refractivity contribution in [2.75, 3.05) is 26.2 Å². The molecule has 1 unspecified atom stereocenters. The van der Waals surface area contributed by atoms with Crippen LogP contribution in [0.25, 0.3) is 0 Å². The molecule has 0 aromatic heterocycles. The van der Waals surface area contributed by atoms with Gasteiger partial charge in [0.05, 0.1) is 5.92 Å². The monoisotopic (exact) mass is 362 g/mol. The van der Waals surface area contributed by atoms with Gasteiger partial charge in [-0.05, 0) is 33.1 Å². The molecule has 4 N–H and O–H groups in total. The molecule has 1 aliphatic heterocycles. The third-order valence-electron chi connectivity index (χ3n) is 3.83. The van der Waals surface area contributed by atoms with Gasteiger partial charge < -0.3 is 21.3 Å². The van der Waals surface area contributed by atoms with Crippen LogP contribution < -0.4 is 16.4 Å². The van der Waals surface area contributed by atoms with Crippen LogP contribution in [0.2, 0.25) is 0 Å². The molecule has 1 rings (SSSR count). The standard InChI is InChI=1S/C16H30N4O3.ClH/c1-12(2)19-14(21)6-3-7-15(22)20-10-4-5-13(11-20)16(23)18-9-8-17;/h12-13H,3-11,17H2,1-2H3,(H,18,23)(H,19,21);1H. The molecule has 1 atom stereocenters. The van der Waals surface area contributed by atoms with Crippen LogP contribution in [0, 0.1) is 5.92 Å². The quantitative estimate of drug-likeness (QED) is 0.581. The molecule has 1 saturated heterocycles. The number of carbonyl (C=O) groups is 3. The van der Waals surface area contributed by atoms with Crippen LogP contribution in [0.3, 0.4) is 0 Å². The summed E-state index contributed by atoms with van der Waals surface area (Å²) < 4.78 is 0. The molecule has 7 nitrogen and oxygen atoms in total. The largest absolute Gasteiger partial charge is 0.355 e. The van der Waals surface area contributed by atoms with E-state index < -0.39 is 0 Å². The highest BCUT2D eigenvalue weighted by Gasteiger charge is 2.27. The highest BCUT2D eigenvalue weighted by molar-refractivity contribution is 5.85. The van der Waals surface area contributed by atoms with Crippen LogP contribution in [-0.2, 0) is 14.4 Å². The lowest BCUT2D eigenvalue weighted by molar-refractivity contribution is -0.135. The lowest BCUT2D eigenvalue weighted by Crippen LogP contribution is -2.46. The molecule has 8 heteroatoms. The van der Waals surface area contributed by atoms with Crippen LogP contribution in [0.5, 0.6) is 0 Å².